The molecule has 18 heavy (non-hydrogen) atoms. The molecule has 0 saturated carbocycles. The van der Waals surface area contributed by atoms with Gasteiger partial charge in [-0.05, 0) is 25.1 Å². The summed E-state index contributed by atoms with van der Waals surface area (Å²) >= 11 is 0. The number of hydrogen-bond donors (Lipinski definition) is 1. The zero-order valence-corrected chi connectivity index (χ0v) is 10.8. The van der Waals surface area contributed by atoms with Crippen molar-refractivity contribution in [1.82, 2.24) is 9.78 Å². The molecular formula is C12H14FN3OS. The Kier molecular flexibility index (Phi) is 3.76. The van der Waals surface area contributed by atoms with Crippen LogP contribution in [0, 0.1) is 5.82 Å². The molecule has 0 saturated heterocycles. The Morgan fingerprint density at radius 2 is 2.28 bits per heavy atom. The molecule has 0 aliphatic heterocycles. The Hall–Kier alpha value is -1.69. The van der Waals surface area contributed by atoms with E-state index in [-0.39, 0.29) is 5.69 Å². The molecule has 2 rings (SSSR count). The molecule has 96 valence electrons. The summed E-state index contributed by atoms with van der Waals surface area (Å²) in [6.07, 6.45) is 3.51. The zero-order chi connectivity index (χ0) is 13.1. The summed E-state index contributed by atoms with van der Waals surface area (Å²) in [6.45, 7) is 2.74. The maximum atomic E-state index is 13.3. The van der Waals surface area contributed by atoms with E-state index in [1.165, 1.54) is 12.1 Å². The van der Waals surface area contributed by atoms with Gasteiger partial charge in [0.25, 0.3) is 0 Å². The fraction of sp³-hybridized carbons (Fsp3) is 0.250. The van der Waals surface area contributed by atoms with Crippen LogP contribution in [0.1, 0.15) is 12.5 Å². The average molecular weight is 267 g/mol. The van der Waals surface area contributed by atoms with Crippen LogP contribution in [0.4, 0.5) is 10.1 Å². The van der Waals surface area contributed by atoms with Crippen LogP contribution in [0.25, 0.3) is 0 Å². The highest BCUT2D eigenvalue weighted by molar-refractivity contribution is 7.84. The molecule has 0 aliphatic carbocycles. The number of nitrogens with two attached hydrogens (primary N) is 1. The van der Waals surface area contributed by atoms with Crippen molar-refractivity contribution < 1.29 is 8.60 Å². The second kappa shape index (κ2) is 5.30. The summed E-state index contributed by atoms with van der Waals surface area (Å²) in [6, 6.07) is 4.23. The molecule has 4 nitrogen and oxygen atoms in total. The van der Waals surface area contributed by atoms with Crippen molar-refractivity contribution in [2.24, 2.45) is 0 Å². The summed E-state index contributed by atoms with van der Waals surface area (Å²) in [5, 5.41) is 4.10. The van der Waals surface area contributed by atoms with E-state index in [0.717, 1.165) is 12.1 Å². The molecule has 1 atom stereocenters. The third kappa shape index (κ3) is 2.76. The van der Waals surface area contributed by atoms with Crippen LogP contribution in [0.15, 0.2) is 35.5 Å². The van der Waals surface area contributed by atoms with Gasteiger partial charge in [0.15, 0.2) is 0 Å². The summed E-state index contributed by atoms with van der Waals surface area (Å²) < 4.78 is 27.1. The lowest BCUT2D eigenvalue weighted by molar-refractivity contribution is 0.627. The van der Waals surface area contributed by atoms with E-state index < -0.39 is 16.6 Å². The van der Waals surface area contributed by atoms with E-state index in [4.69, 9.17) is 5.73 Å². The highest BCUT2D eigenvalue weighted by Gasteiger charge is 2.09. The maximum Gasteiger partial charge on any atom is 0.147 e. The van der Waals surface area contributed by atoms with Crippen molar-refractivity contribution in [3.8, 4) is 0 Å². The van der Waals surface area contributed by atoms with Gasteiger partial charge in [-0.25, -0.2) is 4.39 Å². The van der Waals surface area contributed by atoms with Crippen LogP contribution >= 0.6 is 0 Å². The summed E-state index contributed by atoms with van der Waals surface area (Å²) in [4.78, 5) is 0.436. The molecule has 1 aromatic heterocycles. The molecule has 1 aromatic carbocycles. The van der Waals surface area contributed by atoms with Gasteiger partial charge in [-0.1, -0.05) is 0 Å². The zero-order valence-electron chi connectivity index (χ0n) is 9.97. The lowest BCUT2D eigenvalue weighted by atomic mass is 10.3. The van der Waals surface area contributed by atoms with Crippen molar-refractivity contribution >= 4 is 16.5 Å². The second-order valence-corrected chi connectivity index (χ2v) is 5.33. The average Bonchev–Trinajstić information content (AvgIpc) is 2.80. The standard InChI is InChI=1S/C12H14FN3OS/c1-2-16-7-9(6-15-16)8-18(17)10-3-4-12(14)11(13)5-10/h3-7H,2,8,14H2,1H3. The molecule has 1 heterocycles. The number of halogens is 1. The first-order valence-electron chi connectivity index (χ1n) is 5.55. The van der Waals surface area contributed by atoms with Gasteiger partial charge in [0.05, 0.1) is 28.4 Å². The van der Waals surface area contributed by atoms with Crippen LogP contribution in [-0.4, -0.2) is 14.0 Å². The molecule has 0 fully saturated rings. The molecule has 0 spiro atoms. The third-order valence-corrected chi connectivity index (χ3v) is 3.92. The Morgan fingerprint density at radius 3 is 2.89 bits per heavy atom. The number of aryl methyl sites for hydroxylation is 1. The third-order valence-electron chi connectivity index (χ3n) is 2.54. The van der Waals surface area contributed by atoms with E-state index in [0.29, 0.717) is 10.6 Å². The van der Waals surface area contributed by atoms with E-state index in [9.17, 15) is 8.60 Å². The molecule has 0 aliphatic rings. The second-order valence-electron chi connectivity index (χ2n) is 3.88. The quantitative estimate of drug-likeness (QED) is 0.861. The monoisotopic (exact) mass is 267 g/mol. The van der Waals surface area contributed by atoms with Gasteiger partial charge in [-0.3, -0.25) is 8.89 Å². The van der Waals surface area contributed by atoms with Gasteiger partial charge < -0.3 is 5.73 Å². The van der Waals surface area contributed by atoms with E-state index in [1.807, 2.05) is 13.1 Å². The van der Waals surface area contributed by atoms with Gasteiger partial charge in [0.2, 0.25) is 0 Å². The highest BCUT2D eigenvalue weighted by atomic mass is 32.2. The summed E-state index contributed by atoms with van der Waals surface area (Å²) in [7, 11) is -1.29. The Bertz CT molecular complexity index is 582. The maximum absolute atomic E-state index is 13.3. The van der Waals surface area contributed by atoms with E-state index in [1.54, 1.807) is 16.9 Å². The van der Waals surface area contributed by atoms with Crippen molar-refractivity contribution in [3.05, 3.63) is 42.0 Å². The van der Waals surface area contributed by atoms with Gasteiger partial charge >= 0.3 is 0 Å². The number of nitrogen functional groups attached to an aromatic ring is 1. The summed E-state index contributed by atoms with van der Waals surface area (Å²) in [5.41, 5.74) is 6.31. The van der Waals surface area contributed by atoms with Crippen molar-refractivity contribution in [3.63, 3.8) is 0 Å². The first kappa shape index (κ1) is 12.8. The smallest absolute Gasteiger partial charge is 0.147 e. The number of rotatable bonds is 4. The molecule has 0 amide bonds. The minimum atomic E-state index is -1.29. The van der Waals surface area contributed by atoms with E-state index >= 15 is 0 Å². The highest BCUT2D eigenvalue weighted by Crippen LogP contribution is 2.17. The fourth-order valence-corrected chi connectivity index (χ4v) is 2.61. The minimum absolute atomic E-state index is 0.0644. The van der Waals surface area contributed by atoms with Crippen molar-refractivity contribution in [2.45, 2.75) is 24.1 Å². The predicted octanol–water partition coefficient (Wildman–Crippen LogP) is 1.93. The van der Waals surface area contributed by atoms with Crippen molar-refractivity contribution in [1.29, 1.82) is 0 Å². The van der Waals surface area contributed by atoms with Crippen LogP contribution in [-0.2, 0) is 23.1 Å². The molecule has 6 heteroatoms. The van der Waals surface area contributed by atoms with Gasteiger partial charge in [0.1, 0.15) is 5.82 Å². The van der Waals surface area contributed by atoms with Gasteiger partial charge in [0, 0.05) is 23.2 Å². The Balaban J connectivity index is 2.14. The lowest BCUT2D eigenvalue weighted by Gasteiger charge is -2.02. The fourth-order valence-electron chi connectivity index (χ4n) is 1.54. The molecule has 0 bridgehead atoms. The normalized spacial score (nSPS) is 12.6. The molecule has 1 unspecified atom stereocenters. The van der Waals surface area contributed by atoms with E-state index in [2.05, 4.69) is 5.10 Å². The molecular weight excluding hydrogens is 253 g/mol. The number of benzene rings is 1. The molecule has 2 N–H and O–H groups in total. The topological polar surface area (TPSA) is 60.9 Å². The lowest BCUT2D eigenvalue weighted by Crippen LogP contribution is -1.98. The summed E-state index contributed by atoms with van der Waals surface area (Å²) in [5.74, 6) is -0.214. The largest absolute Gasteiger partial charge is 0.396 e. The number of anilines is 1. The Morgan fingerprint density at radius 1 is 1.50 bits per heavy atom. The number of nitrogens with zero attached hydrogens (tertiary/aromatic N) is 2. The van der Waals surface area contributed by atoms with Crippen LogP contribution in [0.3, 0.4) is 0 Å². The molecule has 0 radical (unpaired) electrons. The van der Waals surface area contributed by atoms with Gasteiger partial charge in [-0.2, -0.15) is 5.10 Å². The van der Waals surface area contributed by atoms with Crippen molar-refractivity contribution in [2.75, 3.05) is 5.73 Å². The number of hydrogen-bond acceptors (Lipinski definition) is 3. The van der Waals surface area contributed by atoms with Crippen LogP contribution < -0.4 is 5.73 Å². The Labute approximate surface area is 107 Å². The first-order valence-corrected chi connectivity index (χ1v) is 6.86. The number of aromatic nitrogens is 2. The van der Waals surface area contributed by atoms with Crippen LogP contribution in [0.5, 0.6) is 0 Å². The SMILES string of the molecule is CCn1cc(CS(=O)c2ccc(N)c(F)c2)cn1. The predicted molar refractivity (Wildman–Crippen MR) is 68.8 cm³/mol. The van der Waals surface area contributed by atoms with Crippen LogP contribution in [0.2, 0.25) is 0 Å². The first-order chi connectivity index (χ1) is 8.60. The minimum Gasteiger partial charge on any atom is -0.396 e. The van der Waals surface area contributed by atoms with Gasteiger partial charge in [-0.15, -0.1) is 0 Å². The molecule has 2 aromatic rings.